The van der Waals surface area contributed by atoms with Crippen molar-refractivity contribution in [3.8, 4) is 11.5 Å². The molecule has 6 heteroatoms. The van der Waals surface area contributed by atoms with Gasteiger partial charge in [0.25, 0.3) is 5.89 Å². The topological polar surface area (TPSA) is 67.1 Å². The molecule has 0 bridgehead atoms. The van der Waals surface area contributed by atoms with Crippen molar-refractivity contribution in [2.24, 2.45) is 0 Å². The molecule has 1 N–H and O–H groups in total. The van der Waals surface area contributed by atoms with Crippen LogP contribution >= 0.6 is 0 Å². The Labute approximate surface area is 111 Å². The van der Waals surface area contributed by atoms with Crippen LogP contribution in [0.4, 0.5) is 5.82 Å². The molecule has 1 aliphatic heterocycles. The molecule has 0 spiro atoms. The van der Waals surface area contributed by atoms with Gasteiger partial charge in [-0.1, -0.05) is 12.1 Å². The number of aromatic nitrogens is 3. The second kappa shape index (κ2) is 5.36. The van der Waals surface area contributed by atoms with Gasteiger partial charge in [-0.2, -0.15) is 4.98 Å². The first-order valence-corrected chi connectivity index (χ1v) is 6.61. The molecule has 1 saturated heterocycles. The fraction of sp³-hybridized carbons (Fsp3) is 0.462. The van der Waals surface area contributed by atoms with E-state index in [2.05, 4.69) is 25.3 Å². The number of nitrogens with zero attached hydrogens (tertiary/aromatic N) is 4. The third-order valence-corrected chi connectivity index (χ3v) is 3.22. The van der Waals surface area contributed by atoms with Crippen molar-refractivity contribution in [2.75, 3.05) is 31.1 Å². The van der Waals surface area contributed by atoms with Gasteiger partial charge in [0.2, 0.25) is 0 Å². The van der Waals surface area contributed by atoms with Crippen molar-refractivity contribution >= 4 is 5.82 Å². The lowest BCUT2D eigenvalue weighted by atomic mass is 10.2. The van der Waals surface area contributed by atoms with E-state index in [9.17, 15) is 0 Å². The molecule has 2 aromatic heterocycles. The molecular weight excluding hydrogens is 242 g/mol. The number of rotatable bonds is 3. The van der Waals surface area contributed by atoms with Crippen LogP contribution in [0.2, 0.25) is 0 Å². The first-order chi connectivity index (χ1) is 9.36. The summed E-state index contributed by atoms with van der Waals surface area (Å²) >= 11 is 0. The molecule has 2 aromatic rings. The number of hydrogen-bond donors (Lipinski definition) is 1. The van der Waals surface area contributed by atoms with E-state index < -0.39 is 0 Å². The fourth-order valence-corrected chi connectivity index (χ4v) is 2.11. The second-order valence-electron chi connectivity index (χ2n) is 4.51. The van der Waals surface area contributed by atoms with Gasteiger partial charge in [0.15, 0.2) is 5.82 Å². The zero-order valence-corrected chi connectivity index (χ0v) is 11.0. The maximum absolute atomic E-state index is 5.20. The van der Waals surface area contributed by atoms with Crippen LogP contribution in [0.3, 0.4) is 0 Å². The second-order valence-corrected chi connectivity index (χ2v) is 4.51. The Morgan fingerprint density at radius 2 is 2.16 bits per heavy atom. The Morgan fingerprint density at radius 3 is 2.79 bits per heavy atom. The van der Waals surface area contributed by atoms with Crippen LogP contribution in [0.5, 0.6) is 0 Å². The summed E-state index contributed by atoms with van der Waals surface area (Å²) in [6.45, 7) is 6.00. The monoisotopic (exact) mass is 259 g/mol. The van der Waals surface area contributed by atoms with Gasteiger partial charge < -0.3 is 14.7 Å². The van der Waals surface area contributed by atoms with Gasteiger partial charge in [0.1, 0.15) is 5.82 Å². The van der Waals surface area contributed by atoms with E-state index in [4.69, 9.17) is 4.52 Å². The highest BCUT2D eigenvalue weighted by Gasteiger charge is 2.13. The molecule has 3 heterocycles. The Kier molecular flexibility index (Phi) is 3.41. The van der Waals surface area contributed by atoms with Crippen molar-refractivity contribution in [3.05, 3.63) is 24.2 Å². The molecule has 100 valence electrons. The zero-order valence-electron chi connectivity index (χ0n) is 11.0. The van der Waals surface area contributed by atoms with Crippen LogP contribution in [-0.4, -0.2) is 41.3 Å². The average molecular weight is 259 g/mol. The number of pyridine rings is 1. The lowest BCUT2D eigenvalue weighted by Gasteiger charge is -2.28. The number of piperazine rings is 1. The molecule has 0 amide bonds. The van der Waals surface area contributed by atoms with Gasteiger partial charge in [-0.15, -0.1) is 0 Å². The van der Waals surface area contributed by atoms with Crippen molar-refractivity contribution < 1.29 is 4.52 Å². The third-order valence-electron chi connectivity index (χ3n) is 3.22. The lowest BCUT2D eigenvalue weighted by molar-refractivity contribution is 0.423. The summed E-state index contributed by atoms with van der Waals surface area (Å²) in [7, 11) is 0. The highest BCUT2D eigenvalue weighted by molar-refractivity contribution is 5.54. The normalized spacial score (nSPS) is 15.7. The predicted molar refractivity (Wildman–Crippen MR) is 72.0 cm³/mol. The third kappa shape index (κ3) is 2.58. The van der Waals surface area contributed by atoms with Crippen molar-refractivity contribution in [2.45, 2.75) is 13.3 Å². The Balaban J connectivity index is 1.78. The molecule has 0 unspecified atom stereocenters. The smallest absolute Gasteiger partial charge is 0.259 e. The van der Waals surface area contributed by atoms with Crippen LogP contribution in [0.1, 0.15) is 12.7 Å². The molecule has 0 radical (unpaired) electrons. The summed E-state index contributed by atoms with van der Waals surface area (Å²) in [5.74, 6) is 2.26. The lowest BCUT2D eigenvalue weighted by Crippen LogP contribution is -2.43. The highest BCUT2D eigenvalue weighted by atomic mass is 16.5. The highest BCUT2D eigenvalue weighted by Crippen LogP contribution is 2.19. The molecule has 19 heavy (non-hydrogen) atoms. The van der Waals surface area contributed by atoms with Gasteiger partial charge in [-0.25, -0.2) is 4.98 Å². The first-order valence-electron chi connectivity index (χ1n) is 6.61. The summed E-state index contributed by atoms with van der Waals surface area (Å²) in [5.41, 5.74) is 0.867. The van der Waals surface area contributed by atoms with Crippen molar-refractivity contribution in [3.63, 3.8) is 0 Å². The summed E-state index contributed by atoms with van der Waals surface area (Å²) in [6, 6.07) is 3.99. The quantitative estimate of drug-likeness (QED) is 0.890. The largest absolute Gasteiger partial charge is 0.354 e. The van der Waals surface area contributed by atoms with Crippen LogP contribution in [0.25, 0.3) is 11.5 Å². The van der Waals surface area contributed by atoms with E-state index in [-0.39, 0.29) is 0 Å². The van der Waals surface area contributed by atoms with Crippen LogP contribution < -0.4 is 10.2 Å². The van der Waals surface area contributed by atoms with Crippen LogP contribution in [0, 0.1) is 0 Å². The van der Waals surface area contributed by atoms with Crippen molar-refractivity contribution in [1.82, 2.24) is 20.4 Å². The van der Waals surface area contributed by atoms with Gasteiger partial charge in [-0.3, -0.25) is 0 Å². The van der Waals surface area contributed by atoms with Crippen LogP contribution in [0.15, 0.2) is 22.9 Å². The first kappa shape index (κ1) is 12.1. The maximum Gasteiger partial charge on any atom is 0.259 e. The fourth-order valence-electron chi connectivity index (χ4n) is 2.11. The summed E-state index contributed by atoms with van der Waals surface area (Å²) in [5, 5.41) is 7.22. The van der Waals surface area contributed by atoms with Gasteiger partial charge in [0.05, 0.1) is 5.56 Å². The molecule has 1 aliphatic rings. The minimum absolute atomic E-state index is 0.538. The Bertz CT molecular complexity index is 530. The average Bonchev–Trinajstić information content (AvgIpc) is 2.97. The maximum atomic E-state index is 5.20. The van der Waals surface area contributed by atoms with Gasteiger partial charge in [-0.05, 0) is 12.1 Å². The number of anilines is 1. The van der Waals surface area contributed by atoms with E-state index >= 15 is 0 Å². The Morgan fingerprint density at radius 1 is 1.32 bits per heavy atom. The van der Waals surface area contributed by atoms with E-state index in [1.165, 1.54) is 0 Å². The minimum Gasteiger partial charge on any atom is -0.354 e. The van der Waals surface area contributed by atoms with Gasteiger partial charge >= 0.3 is 0 Å². The molecule has 0 aliphatic carbocycles. The molecule has 0 aromatic carbocycles. The van der Waals surface area contributed by atoms with E-state index in [1.54, 1.807) is 6.20 Å². The number of nitrogens with one attached hydrogen (secondary N) is 1. The molecule has 0 saturated carbocycles. The molecule has 1 fully saturated rings. The molecule has 3 rings (SSSR count). The molecule has 6 nitrogen and oxygen atoms in total. The molecular formula is C13H17N5O. The van der Waals surface area contributed by atoms with Crippen molar-refractivity contribution in [1.29, 1.82) is 0 Å². The van der Waals surface area contributed by atoms with E-state index in [0.717, 1.165) is 49.8 Å². The summed E-state index contributed by atoms with van der Waals surface area (Å²) in [6.07, 6.45) is 2.57. The zero-order chi connectivity index (χ0) is 13.1. The van der Waals surface area contributed by atoms with E-state index in [1.807, 2.05) is 19.1 Å². The summed E-state index contributed by atoms with van der Waals surface area (Å²) < 4.78 is 5.20. The van der Waals surface area contributed by atoms with Crippen LogP contribution in [-0.2, 0) is 6.42 Å². The SMILES string of the molecule is CCc1noc(-c2ccc(N3CCNCC3)nc2)n1. The number of aryl methyl sites for hydroxylation is 1. The minimum atomic E-state index is 0.538. The standard InChI is InChI=1S/C13H17N5O/c1-2-11-16-13(19-17-11)10-3-4-12(15-9-10)18-7-5-14-6-8-18/h3-4,9,14H,2,5-8H2,1H3. The predicted octanol–water partition coefficient (Wildman–Crippen LogP) is 1.10. The van der Waals surface area contributed by atoms with E-state index in [0.29, 0.717) is 5.89 Å². The van der Waals surface area contributed by atoms with Gasteiger partial charge in [0, 0.05) is 38.8 Å². The molecule has 0 atom stereocenters. The number of hydrogen-bond acceptors (Lipinski definition) is 6. The summed E-state index contributed by atoms with van der Waals surface area (Å²) in [4.78, 5) is 11.1. The Hall–Kier alpha value is -1.95.